The van der Waals surface area contributed by atoms with Gasteiger partial charge < -0.3 is 19.4 Å². The minimum Gasteiger partial charge on any atom is -0.455 e. The number of ether oxygens (including phenoxy) is 1. The van der Waals surface area contributed by atoms with E-state index in [0.717, 1.165) is 44.1 Å². The van der Waals surface area contributed by atoms with Gasteiger partial charge in [-0.2, -0.15) is 18.3 Å². The summed E-state index contributed by atoms with van der Waals surface area (Å²) in [6.07, 6.45) is 2.42. The number of hydrogen-bond acceptors (Lipinski definition) is 5. The fourth-order valence-electron chi connectivity index (χ4n) is 6.06. The third kappa shape index (κ3) is 4.85. The van der Waals surface area contributed by atoms with Gasteiger partial charge in [-0.15, -0.1) is 0 Å². The molecule has 8 nitrogen and oxygen atoms in total. The van der Waals surface area contributed by atoms with Crippen molar-refractivity contribution in [1.29, 1.82) is 0 Å². The first-order chi connectivity index (χ1) is 18.2. The maximum atomic E-state index is 14.4. The topological polar surface area (TPSA) is 89.6 Å². The molecule has 0 radical (unpaired) electrons. The lowest BCUT2D eigenvalue weighted by molar-refractivity contribution is -0.138. The van der Waals surface area contributed by atoms with E-state index in [1.54, 1.807) is 4.68 Å². The highest BCUT2D eigenvalue weighted by molar-refractivity contribution is 5.96. The predicted octanol–water partition coefficient (Wildman–Crippen LogP) is 4.38. The molecule has 2 aromatic heterocycles. The SMILES string of the molecule is C[C@H]1Cc2oc(C(=O)NC[C@@H]3CCCO3)c(C(F)(F)F)c2-c2nn(CC3CCN(C(=O)C4CC4)CC3)cc21. The lowest BCUT2D eigenvalue weighted by Gasteiger charge is -2.32. The van der Waals surface area contributed by atoms with Gasteiger partial charge in [-0.05, 0) is 50.4 Å². The molecule has 2 amide bonds. The van der Waals surface area contributed by atoms with E-state index < -0.39 is 23.4 Å². The van der Waals surface area contributed by atoms with Crippen LogP contribution in [0.25, 0.3) is 11.3 Å². The molecule has 2 atom stereocenters. The van der Waals surface area contributed by atoms with Crippen molar-refractivity contribution in [3.05, 3.63) is 28.8 Å². The molecule has 11 heteroatoms. The van der Waals surface area contributed by atoms with Crippen LogP contribution in [0.1, 0.15) is 78.8 Å². The number of carbonyl (C=O) groups is 2. The Morgan fingerprint density at radius 2 is 1.92 bits per heavy atom. The number of fused-ring (bicyclic) bond motifs is 3. The molecule has 0 aromatic carbocycles. The summed E-state index contributed by atoms with van der Waals surface area (Å²) < 4.78 is 56.0. The van der Waals surface area contributed by atoms with Crippen molar-refractivity contribution in [2.24, 2.45) is 11.8 Å². The minimum atomic E-state index is -4.78. The fourth-order valence-corrected chi connectivity index (χ4v) is 6.06. The molecule has 206 valence electrons. The van der Waals surface area contributed by atoms with Crippen LogP contribution >= 0.6 is 0 Å². The average molecular weight is 535 g/mol. The van der Waals surface area contributed by atoms with E-state index in [2.05, 4.69) is 10.4 Å². The molecule has 1 saturated carbocycles. The summed E-state index contributed by atoms with van der Waals surface area (Å²) in [5.41, 5.74) is -0.190. The first-order valence-electron chi connectivity index (χ1n) is 13.7. The highest BCUT2D eigenvalue weighted by atomic mass is 19.4. The zero-order valence-corrected chi connectivity index (χ0v) is 21.5. The summed E-state index contributed by atoms with van der Waals surface area (Å²) >= 11 is 0. The molecule has 2 aliphatic carbocycles. The Morgan fingerprint density at radius 1 is 1.16 bits per heavy atom. The number of halogens is 3. The lowest BCUT2D eigenvalue weighted by Crippen LogP contribution is -2.40. The van der Waals surface area contributed by atoms with E-state index in [-0.39, 0.29) is 53.8 Å². The van der Waals surface area contributed by atoms with Gasteiger partial charge in [0.05, 0.1) is 17.4 Å². The van der Waals surface area contributed by atoms with Crippen molar-refractivity contribution in [1.82, 2.24) is 20.0 Å². The van der Waals surface area contributed by atoms with Gasteiger partial charge in [-0.25, -0.2) is 0 Å². The first kappa shape index (κ1) is 25.5. The third-order valence-electron chi connectivity index (χ3n) is 8.33. The van der Waals surface area contributed by atoms with Gasteiger partial charge in [0, 0.05) is 56.9 Å². The fraction of sp³-hybridized carbons (Fsp3) is 0.667. The second-order valence-corrected chi connectivity index (χ2v) is 11.3. The molecular weight excluding hydrogens is 501 g/mol. The standard InChI is InChI=1S/C27H33F3N4O4/c1-15-11-20-21(22(27(28,29)30)24(38-20)25(35)31-12-18-3-2-10-37-18)23-19(15)14-34(32-23)13-16-6-8-33(9-7-16)26(36)17-4-5-17/h14-18H,2-13H2,1H3,(H,31,35)/t15-,18-/m0/s1. The Bertz CT molecular complexity index is 1220. The number of aromatic nitrogens is 2. The smallest absolute Gasteiger partial charge is 0.420 e. The van der Waals surface area contributed by atoms with Crippen molar-refractivity contribution < 1.29 is 31.9 Å². The molecule has 1 N–H and O–H groups in total. The Balaban J connectivity index is 1.23. The summed E-state index contributed by atoms with van der Waals surface area (Å²) in [6, 6.07) is 0. The van der Waals surface area contributed by atoms with Gasteiger partial charge in [0.25, 0.3) is 5.91 Å². The Morgan fingerprint density at radius 3 is 2.58 bits per heavy atom. The van der Waals surface area contributed by atoms with E-state index >= 15 is 0 Å². The maximum absolute atomic E-state index is 14.4. The molecule has 38 heavy (non-hydrogen) atoms. The molecule has 2 saturated heterocycles. The summed E-state index contributed by atoms with van der Waals surface area (Å²) in [6.45, 7) is 4.67. The zero-order chi connectivity index (χ0) is 26.6. The molecule has 2 aliphatic heterocycles. The third-order valence-corrected chi connectivity index (χ3v) is 8.33. The second kappa shape index (κ2) is 9.73. The van der Waals surface area contributed by atoms with Crippen LogP contribution in [0.3, 0.4) is 0 Å². The van der Waals surface area contributed by atoms with E-state index in [9.17, 15) is 22.8 Å². The van der Waals surface area contributed by atoms with E-state index in [1.807, 2.05) is 18.0 Å². The number of nitrogens with one attached hydrogen (secondary N) is 1. The highest BCUT2D eigenvalue weighted by Crippen LogP contribution is 2.48. The first-order valence-corrected chi connectivity index (χ1v) is 13.7. The van der Waals surface area contributed by atoms with Crippen LogP contribution in [0.5, 0.6) is 0 Å². The second-order valence-electron chi connectivity index (χ2n) is 11.3. The van der Waals surface area contributed by atoms with Crippen molar-refractivity contribution in [2.45, 2.75) is 76.6 Å². The number of furan rings is 1. The number of carbonyl (C=O) groups excluding carboxylic acids is 2. The summed E-state index contributed by atoms with van der Waals surface area (Å²) in [7, 11) is 0. The van der Waals surface area contributed by atoms with Crippen LogP contribution in [-0.2, 0) is 28.7 Å². The van der Waals surface area contributed by atoms with E-state index in [0.29, 0.717) is 32.2 Å². The largest absolute Gasteiger partial charge is 0.455 e. The molecule has 3 fully saturated rings. The number of nitrogens with zero attached hydrogens (tertiary/aromatic N) is 3. The normalized spacial score (nSPS) is 23.8. The van der Waals surface area contributed by atoms with Crippen molar-refractivity contribution in [3.8, 4) is 11.3 Å². The highest BCUT2D eigenvalue weighted by Gasteiger charge is 2.46. The Kier molecular flexibility index (Phi) is 6.52. The lowest BCUT2D eigenvalue weighted by atomic mass is 9.86. The summed E-state index contributed by atoms with van der Waals surface area (Å²) in [5, 5.41) is 7.18. The molecule has 4 aliphatic rings. The zero-order valence-electron chi connectivity index (χ0n) is 21.5. The van der Waals surface area contributed by atoms with Gasteiger partial charge >= 0.3 is 6.18 Å². The van der Waals surface area contributed by atoms with Crippen LogP contribution < -0.4 is 5.32 Å². The Hall–Kier alpha value is -2.82. The minimum absolute atomic E-state index is 0.0979. The number of amides is 2. The van der Waals surface area contributed by atoms with Crippen LogP contribution in [0, 0.1) is 11.8 Å². The van der Waals surface area contributed by atoms with Gasteiger partial charge in [-0.1, -0.05) is 6.92 Å². The molecule has 2 aromatic rings. The van der Waals surface area contributed by atoms with E-state index in [1.165, 1.54) is 0 Å². The summed E-state index contributed by atoms with van der Waals surface area (Å²) in [4.78, 5) is 27.2. The molecule has 0 spiro atoms. The quantitative estimate of drug-likeness (QED) is 0.594. The van der Waals surface area contributed by atoms with Crippen molar-refractivity contribution in [2.75, 3.05) is 26.2 Å². The number of likely N-dealkylation sites (tertiary alicyclic amines) is 1. The molecule has 6 rings (SSSR count). The molecule has 0 unspecified atom stereocenters. The van der Waals surface area contributed by atoms with Crippen molar-refractivity contribution >= 4 is 11.8 Å². The number of piperidine rings is 1. The maximum Gasteiger partial charge on any atom is 0.420 e. The van der Waals surface area contributed by atoms with Crippen molar-refractivity contribution in [3.63, 3.8) is 0 Å². The number of alkyl halides is 3. The number of hydrogen-bond donors (Lipinski definition) is 1. The Labute approximate surface area is 218 Å². The van der Waals surface area contributed by atoms with Crippen LogP contribution in [0.15, 0.2) is 10.6 Å². The van der Waals surface area contributed by atoms with Crippen LogP contribution in [-0.4, -0.2) is 58.8 Å². The van der Waals surface area contributed by atoms with Gasteiger partial charge in [0.2, 0.25) is 11.7 Å². The monoisotopic (exact) mass is 534 g/mol. The number of rotatable bonds is 6. The molecule has 0 bridgehead atoms. The van der Waals surface area contributed by atoms with Crippen LogP contribution in [0.4, 0.5) is 13.2 Å². The van der Waals surface area contributed by atoms with Gasteiger partial charge in [0.1, 0.15) is 11.3 Å². The van der Waals surface area contributed by atoms with Gasteiger partial charge in [-0.3, -0.25) is 14.3 Å². The van der Waals surface area contributed by atoms with E-state index in [4.69, 9.17) is 9.15 Å². The summed E-state index contributed by atoms with van der Waals surface area (Å²) in [5.74, 6) is -0.780. The van der Waals surface area contributed by atoms with Crippen LogP contribution in [0.2, 0.25) is 0 Å². The van der Waals surface area contributed by atoms with Gasteiger partial charge in [0.15, 0.2) is 0 Å². The average Bonchev–Trinajstić information content (AvgIpc) is 3.25. The molecular formula is C27H33F3N4O4. The predicted molar refractivity (Wildman–Crippen MR) is 130 cm³/mol. The molecule has 4 heterocycles.